The Morgan fingerprint density at radius 2 is 1.74 bits per heavy atom. The van der Waals surface area contributed by atoms with Gasteiger partial charge in [0, 0.05) is 43.5 Å². The summed E-state index contributed by atoms with van der Waals surface area (Å²) in [6.45, 7) is 10.1. The van der Waals surface area contributed by atoms with Gasteiger partial charge >= 0.3 is 0 Å². The van der Waals surface area contributed by atoms with Crippen molar-refractivity contribution in [3.63, 3.8) is 0 Å². The van der Waals surface area contributed by atoms with Crippen molar-refractivity contribution in [1.82, 2.24) is 14.7 Å². The van der Waals surface area contributed by atoms with Gasteiger partial charge in [0.15, 0.2) is 0 Å². The molecule has 0 spiro atoms. The van der Waals surface area contributed by atoms with Gasteiger partial charge in [-0.1, -0.05) is 38.1 Å². The number of hydrogen-bond donors (Lipinski definition) is 0. The Labute approximate surface area is 189 Å². The van der Waals surface area contributed by atoms with Crippen LogP contribution in [-0.2, 0) is 16.0 Å². The quantitative estimate of drug-likeness (QED) is 0.729. The van der Waals surface area contributed by atoms with Crippen LogP contribution in [0.4, 0.5) is 0 Å². The van der Waals surface area contributed by atoms with Crippen LogP contribution in [0.15, 0.2) is 35.7 Å². The summed E-state index contributed by atoms with van der Waals surface area (Å²) in [5, 5.41) is 2.18. The number of hydrogen-bond acceptors (Lipinski definition) is 4. The van der Waals surface area contributed by atoms with Crippen LogP contribution in [0.2, 0.25) is 0 Å². The van der Waals surface area contributed by atoms with Gasteiger partial charge in [0.25, 0.3) is 0 Å². The van der Waals surface area contributed by atoms with Crippen LogP contribution in [-0.4, -0.2) is 65.8 Å². The molecule has 0 saturated carbocycles. The van der Waals surface area contributed by atoms with Crippen LogP contribution in [0.5, 0.6) is 0 Å². The third-order valence-electron chi connectivity index (χ3n) is 6.54. The largest absolute Gasteiger partial charge is 0.341 e. The first-order chi connectivity index (χ1) is 15.0. The maximum atomic E-state index is 13.3. The molecule has 0 radical (unpaired) electrons. The maximum Gasteiger partial charge on any atom is 0.236 e. The first-order valence-electron chi connectivity index (χ1n) is 11.4. The van der Waals surface area contributed by atoms with Gasteiger partial charge in [0.2, 0.25) is 11.8 Å². The number of amides is 2. The van der Waals surface area contributed by atoms with E-state index in [-0.39, 0.29) is 23.8 Å². The Hall–Kier alpha value is -2.18. The molecule has 0 unspecified atom stereocenters. The van der Waals surface area contributed by atoms with Gasteiger partial charge in [-0.05, 0) is 47.9 Å². The average molecular weight is 440 g/mol. The normalized spacial score (nSPS) is 19.9. The fraction of sp³-hybridized carbons (Fsp3) is 0.520. The van der Waals surface area contributed by atoms with Gasteiger partial charge in [0.1, 0.15) is 0 Å². The van der Waals surface area contributed by atoms with Crippen LogP contribution in [0, 0.1) is 12.8 Å². The van der Waals surface area contributed by atoms with Crippen LogP contribution in [0.3, 0.4) is 0 Å². The van der Waals surface area contributed by atoms with E-state index >= 15 is 0 Å². The van der Waals surface area contributed by atoms with E-state index in [0.29, 0.717) is 19.6 Å². The zero-order valence-corrected chi connectivity index (χ0v) is 19.7. The minimum atomic E-state index is 0.00489. The van der Waals surface area contributed by atoms with Crippen molar-refractivity contribution in [2.45, 2.75) is 39.7 Å². The number of benzene rings is 1. The maximum absolute atomic E-state index is 13.3. The van der Waals surface area contributed by atoms with Gasteiger partial charge in [-0.3, -0.25) is 14.5 Å². The van der Waals surface area contributed by atoms with E-state index in [2.05, 4.69) is 47.5 Å². The lowest BCUT2D eigenvalue weighted by molar-refractivity contribution is -0.136. The molecule has 1 fully saturated rings. The first-order valence-corrected chi connectivity index (χ1v) is 12.3. The number of aryl methyl sites for hydroxylation is 1. The van der Waals surface area contributed by atoms with Gasteiger partial charge in [-0.2, -0.15) is 0 Å². The van der Waals surface area contributed by atoms with Crippen molar-refractivity contribution in [3.8, 4) is 0 Å². The molecule has 0 bridgehead atoms. The summed E-state index contributed by atoms with van der Waals surface area (Å²) in [4.78, 5) is 33.4. The van der Waals surface area contributed by atoms with Crippen molar-refractivity contribution < 1.29 is 9.59 Å². The van der Waals surface area contributed by atoms with Crippen molar-refractivity contribution in [1.29, 1.82) is 0 Å². The Morgan fingerprint density at radius 3 is 2.52 bits per heavy atom. The summed E-state index contributed by atoms with van der Waals surface area (Å²) in [7, 11) is 0. The smallest absolute Gasteiger partial charge is 0.236 e. The number of carbonyl (C=O) groups excluding carboxylic acids is 2. The molecule has 4 rings (SSSR count). The van der Waals surface area contributed by atoms with Crippen molar-refractivity contribution in [3.05, 3.63) is 57.3 Å². The molecule has 1 aromatic heterocycles. The van der Waals surface area contributed by atoms with Crippen LogP contribution in [0.1, 0.15) is 47.9 Å². The summed E-state index contributed by atoms with van der Waals surface area (Å²) in [5.74, 6) is 0.372. The van der Waals surface area contributed by atoms with Crippen molar-refractivity contribution >= 4 is 23.2 Å². The standard InChI is InChI=1S/C25H33N3O2S/c1-18(2)25(30)27-12-6-11-26(14-15-27)23(29)17-28-13-9-22-21(10-16-31-22)24(28)20-8-5-4-7-19(20)3/h4-5,7-8,10,16,18,24H,6,9,11-15,17H2,1-3H3/t24-/m0/s1. The summed E-state index contributed by atoms with van der Waals surface area (Å²) in [6.07, 6.45) is 1.85. The zero-order chi connectivity index (χ0) is 22.0. The molecule has 6 heteroatoms. The van der Waals surface area contributed by atoms with Gasteiger partial charge in [-0.25, -0.2) is 0 Å². The predicted octanol–water partition coefficient (Wildman–Crippen LogP) is 3.72. The topological polar surface area (TPSA) is 43.9 Å². The molecule has 2 aromatic rings. The highest BCUT2D eigenvalue weighted by Crippen LogP contribution is 2.38. The molecule has 1 saturated heterocycles. The molecule has 2 aliphatic rings. The second-order valence-electron chi connectivity index (χ2n) is 8.99. The third-order valence-corrected chi connectivity index (χ3v) is 7.54. The fourth-order valence-electron chi connectivity index (χ4n) is 4.82. The number of carbonyl (C=O) groups is 2. The highest BCUT2D eigenvalue weighted by Gasteiger charge is 2.33. The van der Waals surface area contributed by atoms with Gasteiger partial charge in [0.05, 0.1) is 12.6 Å². The highest BCUT2D eigenvalue weighted by atomic mass is 32.1. The summed E-state index contributed by atoms with van der Waals surface area (Å²) >= 11 is 1.83. The molecule has 31 heavy (non-hydrogen) atoms. The molecule has 1 aromatic carbocycles. The molecular formula is C25H33N3O2S. The minimum Gasteiger partial charge on any atom is -0.341 e. The third kappa shape index (κ3) is 4.70. The molecular weight excluding hydrogens is 406 g/mol. The van der Waals surface area contributed by atoms with E-state index in [9.17, 15) is 9.59 Å². The number of rotatable bonds is 4. The highest BCUT2D eigenvalue weighted by molar-refractivity contribution is 7.10. The van der Waals surface area contributed by atoms with E-state index in [1.54, 1.807) is 0 Å². The van der Waals surface area contributed by atoms with E-state index < -0.39 is 0 Å². The van der Waals surface area contributed by atoms with Crippen LogP contribution < -0.4 is 0 Å². The Balaban J connectivity index is 1.49. The molecule has 2 amide bonds. The fourth-order valence-corrected chi connectivity index (χ4v) is 5.73. The molecule has 2 aliphatic heterocycles. The second kappa shape index (κ2) is 9.53. The van der Waals surface area contributed by atoms with Crippen LogP contribution in [0.25, 0.3) is 0 Å². The molecule has 0 aliphatic carbocycles. The lowest BCUT2D eigenvalue weighted by atomic mass is 9.90. The minimum absolute atomic E-state index is 0.00489. The summed E-state index contributed by atoms with van der Waals surface area (Å²) in [6, 6.07) is 10.9. The second-order valence-corrected chi connectivity index (χ2v) is 9.99. The predicted molar refractivity (Wildman–Crippen MR) is 125 cm³/mol. The van der Waals surface area contributed by atoms with E-state index in [4.69, 9.17) is 0 Å². The van der Waals surface area contributed by atoms with Crippen molar-refractivity contribution in [2.24, 2.45) is 5.92 Å². The lowest BCUT2D eigenvalue weighted by Gasteiger charge is -2.37. The monoisotopic (exact) mass is 439 g/mol. The van der Waals surface area contributed by atoms with Gasteiger partial charge < -0.3 is 9.80 Å². The molecule has 5 nitrogen and oxygen atoms in total. The van der Waals surface area contributed by atoms with Gasteiger partial charge in [-0.15, -0.1) is 11.3 Å². The zero-order valence-electron chi connectivity index (χ0n) is 18.8. The number of fused-ring (bicyclic) bond motifs is 1. The number of nitrogens with zero attached hydrogens (tertiary/aromatic N) is 3. The average Bonchev–Trinajstić information content (AvgIpc) is 3.09. The number of thiophene rings is 1. The Bertz CT molecular complexity index is 938. The van der Waals surface area contributed by atoms with Crippen LogP contribution >= 0.6 is 11.3 Å². The molecule has 1 atom stereocenters. The Kier molecular flexibility index (Phi) is 6.77. The van der Waals surface area contributed by atoms with Crippen molar-refractivity contribution in [2.75, 3.05) is 39.3 Å². The summed E-state index contributed by atoms with van der Waals surface area (Å²) < 4.78 is 0. The first kappa shape index (κ1) is 22.0. The Morgan fingerprint density at radius 1 is 1.00 bits per heavy atom. The van der Waals surface area contributed by atoms with E-state index in [1.807, 2.05) is 35.0 Å². The van der Waals surface area contributed by atoms with E-state index in [1.165, 1.54) is 21.6 Å². The summed E-state index contributed by atoms with van der Waals surface area (Å²) in [5.41, 5.74) is 3.91. The van der Waals surface area contributed by atoms with E-state index in [0.717, 1.165) is 32.5 Å². The molecule has 166 valence electrons. The molecule has 3 heterocycles. The lowest BCUT2D eigenvalue weighted by Crippen LogP contribution is -2.45. The SMILES string of the molecule is Cc1ccccc1[C@H]1c2ccsc2CCN1CC(=O)N1CCCN(C(=O)C(C)C)CC1. The molecule has 0 N–H and O–H groups in total.